The van der Waals surface area contributed by atoms with Crippen molar-refractivity contribution < 1.29 is 0 Å². The minimum Gasteiger partial charge on any atom is -0.0616 e. The lowest BCUT2D eigenvalue weighted by molar-refractivity contribution is 1.58. The summed E-state index contributed by atoms with van der Waals surface area (Å²) in [5.74, 6) is 0. The van der Waals surface area contributed by atoms with Crippen LogP contribution in [0.1, 0.15) is 0 Å². The highest BCUT2D eigenvalue weighted by Crippen LogP contribution is 2.44. The van der Waals surface area contributed by atoms with Crippen LogP contribution in [0.25, 0.3) is 142 Å². The van der Waals surface area contributed by atoms with E-state index in [0.29, 0.717) is 0 Å². The van der Waals surface area contributed by atoms with Crippen molar-refractivity contribution in [3.8, 4) is 66.8 Å². The first-order valence-electron chi connectivity index (χ1n) is 23.0. The smallest absolute Gasteiger partial charge is 0.00203 e. The molecule has 0 bridgehead atoms. The van der Waals surface area contributed by atoms with Crippen LogP contribution in [0, 0.1) is 0 Å². The van der Waals surface area contributed by atoms with Gasteiger partial charge in [0, 0.05) is 0 Å². The summed E-state index contributed by atoms with van der Waals surface area (Å²) in [7, 11) is 0. The molecule has 0 heterocycles. The molecule has 0 N–H and O–H groups in total. The maximum Gasteiger partial charge on any atom is -0.00203 e. The van der Waals surface area contributed by atoms with Gasteiger partial charge in [0.25, 0.3) is 0 Å². The molecule has 0 radical (unpaired) electrons. The van der Waals surface area contributed by atoms with Crippen LogP contribution in [0.2, 0.25) is 0 Å². The molecule has 14 rings (SSSR count). The van der Waals surface area contributed by atoms with Gasteiger partial charge >= 0.3 is 0 Å². The Hall–Kier alpha value is -8.58. The van der Waals surface area contributed by atoms with E-state index in [9.17, 15) is 0 Å². The SMILES string of the molecule is c1cc(-c2ccc(-c3cccc(-c4ccc5ccc6c(-c7ccc(-c8ccc9ccccc9c8)cc7)ccc7ccc4c5c76)c3)cc2)cc(-c2ccc3ccc4cccc5ccc2c3c45)c1. The molecule has 0 aromatic heterocycles. The molecule has 0 heteroatoms. The minimum atomic E-state index is 1.21. The first-order valence-corrected chi connectivity index (χ1v) is 23.0. The summed E-state index contributed by atoms with van der Waals surface area (Å²) < 4.78 is 0. The van der Waals surface area contributed by atoms with Gasteiger partial charge in [-0.1, -0.05) is 224 Å². The van der Waals surface area contributed by atoms with E-state index in [0.717, 1.165) is 0 Å². The Morgan fingerprint density at radius 1 is 0.152 bits per heavy atom. The highest BCUT2D eigenvalue weighted by atomic mass is 14.2. The molecule has 0 aliphatic heterocycles. The molecule has 0 atom stereocenters. The summed E-state index contributed by atoms with van der Waals surface area (Å²) in [5.41, 5.74) is 14.8. The van der Waals surface area contributed by atoms with Crippen LogP contribution in [0.15, 0.2) is 243 Å². The average molecular weight is 833 g/mol. The summed E-state index contributed by atoms with van der Waals surface area (Å²) in [6.45, 7) is 0. The van der Waals surface area contributed by atoms with Gasteiger partial charge in [0.2, 0.25) is 0 Å². The van der Waals surface area contributed by atoms with Crippen molar-refractivity contribution in [1.82, 2.24) is 0 Å². The zero-order chi connectivity index (χ0) is 43.3. The first kappa shape index (κ1) is 36.9. The van der Waals surface area contributed by atoms with Gasteiger partial charge in [-0.2, -0.15) is 0 Å². The lowest BCUT2D eigenvalue weighted by Gasteiger charge is -2.17. The molecule has 0 saturated carbocycles. The molecule has 0 aliphatic rings. The molecule has 0 saturated heterocycles. The highest BCUT2D eigenvalue weighted by Gasteiger charge is 2.17. The Balaban J connectivity index is 0.789. The molecule has 0 fully saturated rings. The molecule has 0 nitrogen and oxygen atoms in total. The number of fused-ring (bicyclic) bond motifs is 1. The van der Waals surface area contributed by atoms with Crippen molar-refractivity contribution in [3.05, 3.63) is 243 Å². The van der Waals surface area contributed by atoms with Crippen molar-refractivity contribution in [2.24, 2.45) is 0 Å². The van der Waals surface area contributed by atoms with E-state index in [4.69, 9.17) is 0 Å². The highest BCUT2D eigenvalue weighted by molar-refractivity contribution is 6.28. The van der Waals surface area contributed by atoms with Crippen LogP contribution in [-0.2, 0) is 0 Å². The Kier molecular flexibility index (Phi) is 8.08. The zero-order valence-corrected chi connectivity index (χ0v) is 36.1. The number of hydrogen-bond donors (Lipinski definition) is 0. The van der Waals surface area contributed by atoms with Gasteiger partial charge in [0.15, 0.2) is 0 Å². The molecular formula is C66H40. The molecule has 66 heavy (non-hydrogen) atoms. The van der Waals surface area contributed by atoms with Gasteiger partial charge in [-0.05, 0) is 160 Å². The molecule has 0 spiro atoms. The van der Waals surface area contributed by atoms with E-state index in [2.05, 4.69) is 243 Å². The monoisotopic (exact) mass is 832 g/mol. The summed E-state index contributed by atoms with van der Waals surface area (Å²) in [4.78, 5) is 0. The Morgan fingerprint density at radius 3 is 0.985 bits per heavy atom. The predicted octanol–water partition coefficient (Wildman–Crippen LogP) is 18.6. The van der Waals surface area contributed by atoms with E-state index in [-0.39, 0.29) is 0 Å². The Morgan fingerprint density at radius 2 is 0.470 bits per heavy atom. The fraction of sp³-hybridized carbons (Fsp3) is 0. The van der Waals surface area contributed by atoms with Crippen molar-refractivity contribution in [3.63, 3.8) is 0 Å². The van der Waals surface area contributed by atoms with Gasteiger partial charge in [0.05, 0.1) is 0 Å². The quantitative estimate of drug-likeness (QED) is 0.146. The molecule has 304 valence electrons. The zero-order valence-electron chi connectivity index (χ0n) is 36.1. The normalized spacial score (nSPS) is 11.9. The topological polar surface area (TPSA) is 0 Å². The van der Waals surface area contributed by atoms with Crippen LogP contribution < -0.4 is 0 Å². The van der Waals surface area contributed by atoms with Gasteiger partial charge in [-0.3, -0.25) is 0 Å². The van der Waals surface area contributed by atoms with E-state index in [1.165, 1.54) is 142 Å². The number of rotatable bonds is 6. The van der Waals surface area contributed by atoms with E-state index in [1.807, 2.05) is 0 Å². The summed E-state index contributed by atoms with van der Waals surface area (Å²) in [5, 5.41) is 18.2. The summed E-state index contributed by atoms with van der Waals surface area (Å²) in [6.07, 6.45) is 0. The molecular weight excluding hydrogens is 793 g/mol. The largest absolute Gasteiger partial charge is 0.0616 e. The van der Waals surface area contributed by atoms with E-state index >= 15 is 0 Å². The van der Waals surface area contributed by atoms with Gasteiger partial charge in [-0.15, -0.1) is 0 Å². The summed E-state index contributed by atoms with van der Waals surface area (Å²) >= 11 is 0. The van der Waals surface area contributed by atoms with Crippen molar-refractivity contribution in [2.75, 3.05) is 0 Å². The third-order valence-electron chi connectivity index (χ3n) is 14.4. The number of benzene rings is 14. The van der Waals surface area contributed by atoms with Gasteiger partial charge in [0.1, 0.15) is 0 Å². The first-order chi connectivity index (χ1) is 32.7. The maximum absolute atomic E-state index is 2.36. The second kappa shape index (κ2) is 14.5. The van der Waals surface area contributed by atoms with Crippen LogP contribution in [-0.4, -0.2) is 0 Å². The van der Waals surface area contributed by atoms with Crippen molar-refractivity contribution in [2.45, 2.75) is 0 Å². The van der Waals surface area contributed by atoms with E-state index < -0.39 is 0 Å². The fourth-order valence-corrected chi connectivity index (χ4v) is 11.1. The molecule has 0 aliphatic carbocycles. The molecule has 14 aromatic carbocycles. The van der Waals surface area contributed by atoms with Crippen molar-refractivity contribution in [1.29, 1.82) is 0 Å². The van der Waals surface area contributed by atoms with Gasteiger partial charge in [-0.25, -0.2) is 0 Å². The number of hydrogen-bond acceptors (Lipinski definition) is 0. The summed E-state index contributed by atoms with van der Waals surface area (Å²) in [6, 6.07) is 90.4. The second-order valence-corrected chi connectivity index (χ2v) is 18.0. The Bertz CT molecular complexity index is 4170. The van der Waals surface area contributed by atoms with Crippen LogP contribution >= 0.6 is 0 Å². The molecule has 0 unspecified atom stereocenters. The molecule has 0 amide bonds. The third kappa shape index (κ3) is 5.79. The standard InChI is InChI=1S/C66H40/c1-2-7-51-38-54(25-20-41(51)6-1)44-18-21-45(22-19-44)57-32-26-49-31-37-62-59(34-28-50-30-36-60(57)65(49)66(50)62)56-13-5-11-53(40-56)43-16-14-42(15-17-43)52-10-4-12-55(39-52)58-33-27-48-24-23-46-8-3-9-47-29-35-61(58)64(48)63(46)47/h1-40H. The average Bonchev–Trinajstić information content (AvgIpc) is 3.39. The molecule has 14 aromatic rings. The maximum atomic E-state index is 2.36. The van der Waals surface area contributed by atoms with Crippen LogP contribution in [0.5, 0.6) is 0 Å². The van der Waals surface area contributed by atoms with Crippen molar-refractivity contribution >= 4 is 75.4 Å². The van der Waals surface area contributed by atoms with Crippen LogP contribution in [0.4, 0.5) is 0 Å². The van der Waals surface area contributed by atoms with Crippen LogP contribution in [0.3, 0.4) is 0 Å². The second-order valence-electron chi connectivity index (χ2n) is 18.0. The minimum absolute atomic E-state index is 1.21. The fourth-order valence-electron chi connectivity index (χ4n) is 11.1. The third-order valence-corrected chi connectivity index (χ3v) is 14.4. The lowest BCUT2D eigenvalue weighted by atomic mass is 9.86. The predicted molar refractivity (Wildman–Crippen MR) is 284 cm³/mol. The lowest BCUT2D eigenvalue weighted by Crippen LogP contribution is -1.90. The van der Waals surface area contributed by atoms with E-state index in [1.54, 1.807) is 0 Å². The Labute approximate surface area is 383 Å². The van der Waals surface area contributed by atoms with Gasteiger partial charge < -0.3 is 0 Å².